The van der Waals surface area contributed by atoms with Gasteiger partial charge in [-0.2, -0.15) is 0 Å². The molecule has 1 atom stereocenters. The highest BCUT2D eigenvalue weighted by molar-refractivity contribution is 7.98. The molecule has 3 rings (SSSR count). The molecule has 1 aliphatic heterocycles. The Kier molecular flexibility index (Phi) is 4.62. The van der Waals surface area contributed by atoms with Crippen molar-refractivity contribution in [2.75, 3.05) is 16.5 Å². The van der Waals surface area contributed by atoms with Gasteiger partial charge in [-0.25, -0.2) is 4.90 Å². The van der Waals surface area contributed by atoms with Crippen LogP contribution in [0.1, 0.15) is 17.5 Å². The summed E-state index contributed by atoms with van der Waals surface area (Å²) in [4.78, 5) is 27.6. The third-order valence-corrected chi connectivity index (χ3v) is 4.88. The molecule has 24 heavy (non-hydrogen) atoms. The monoisotopic (exact) mass is 340 g/mol. The van der Waals surface area contributed by atoms with Crippen LogP contribution in [-0.2, 0) is 9.59 Å². The molecule has 0 unspecified atom stereocenters. The third kappa shape index (κ3) is 3.17. The van der Waals surface area contributed by atoms with Crippen LogP contribution in [0.15, 0.2) is 47.4 Å². The van der Waals surface area contributed by atoms with Crippen LogP contribution in [0.5, 0.6) is 0 Å². The van der Waals surface area contributed by atoms with Crippen LogP contribution in [0, 0.1) is 13.8 Å². The molecule has 0 aliphatic carbocycles. The average Bonchev–Trinajstić information content (AvgIpc) is 2.82. The van der Waals surface area contributed by atoms with E-state index in [1.54, 1.807) is 11.8 Å². The number of hydrogen-bond acceptors (Lipinski definition) is 4. The molecule has 1 heterocycles. The maximum atomic E-state index is 12.7. The summed E-state index contributed by atoms with van der Waals surface area (Å²) in [6, 6.07) is 13.1. The molecule has 0 bridgehead atoms. The fourth-order valence-electron chi connectivity index (χ4n) is 2.97. The normalized spacial score (nSPS) is 17.5. The van der Waals surface area contributed by atoms with E-state index in [9.17, 15) is 9.59 Å². The molecule has 0 aromatic heterocycles. The topological polar surface area (TPSA) is 49.4 Å². The molecular formula is C19H20N2O2S. The Morgan fingerprint density at radius 3 is 2.62 bits per heavy atom. The third-order valence-electron chi connectivity index (χ3n) is 4.15. The first-order valence-electron chi connectivity index (χ1n) is 7.84. The highest BCUT2D eigenvalue weighted by Gasteiger charge is 2.40. The van der Waals surface area contributed by atoms with E-state index in [1.165, 1.54) is 4.90 Å². The number of carbonyl (C=O) groups excluding carboxylic acids is 2. The van der Waals surface area contributed by atoms with Crippen molar-refractivity contribution in [3.63, 3.8) is 0 Å². The van der Waals surface area contributed by atoms with Gasteiger partial charge in [-0.3, -0.25) is 9.59 Å². The predicted molar refractivity (Wildman–Crippen MR) is 98.7 cm³/mol. The summed E-state index contributed by atoms with van der Waals surface area (Å²) >= 11 is 1.64. The van der Waals surface area contributed by atoms with Gasteiger partial charge in [0.05, 0.1) is 12.1 Å². The smallest absolute Gasteiger partial charge is 0.256 e. The number of carbonyl (C=O) groups is 2. The van der Waals surface area contributed by atoms with Crippen molar-refractivity contribution < 1.29 is 9.59 Å². The summed E-state index contributed by atoms with van der Waals surface area (Å²) in [5, 5.41) is 3.20. The van der Waals surface area contributed by atoms with Crippen molar-refractivity contribution in [2.45, 2.75) is 31.2 Å². The highest BCUT2D eigenvalue weighted by Crippen LogP contribution is 2.29. The molecule has 1 N–H and O–H groups in total. The van der Waals surface area contributed by atoms with Crippen molar-refractivity contribution in [3.05, 3.63) is 53.6 Å². The molecule has 0 spiro atoms. The standard InChI is InChI=1S/C19H20N2O2S/c1-12-7-8-17(13(2)9-12)21-18(22)11-16(19(21)23)20-14-5-4-6-15(10-14)24-3/h4-10,16,20H,11H2,1-3H3/t16-/m0/s1. The lowest BCUT2D eigenvalue weighted by atomic mass is 10.1. The van der Waals surface area contributed by atoms with Crippen molar-refractivity contribution >= 4 is 35.0 Å². The van der Waals surface area contributed by atoms with Gasteiger partial charge in [0.25, 0.3) is 5.91 Å². The fourth-order valence-corrected chi connectivity index (χ4v) is 3.43. The van der Waals surface area contributed by atoms with E-state index in [0.29, 0.717) is 5.69 Å². The van der Waals surface area contributed by atoms with E-state index in [-0.39, 0.29) is 18.2 Å². The molecular weight excluding hydrogens is 320 g/mol. The van der Waals surface area contributed by atoms with Gasteiger partial charge in [0.15, 0.2) is 0 Å². The zero-order chi connectivity index (χ0) is 17.3. The summed E-state index contributed by atoms with van der Waals surface area (Å²) < 4.78 is 0. The first kappa shape index (κ1) is 16.6. The van der Waals surface area contributed by atoms with E-state index in [2.05, 4.69) is 5.32 Å². The molecule has 2 amide bonds. The number of nitrogens with zero attached hydrogens (tertiary/aromatic N) is 1. The van der Waals surface area contributed by atoms with Crippen molar-refractivity contribution in [1.82, 2.24) is 0 Å². The zero-order valence-electron chi connectivity index (χ0n) is 14.0. The minimum absolute atomic E-state index is 0.162. The molecule has 1 aliphatic rings. The van der Waals surface area contributed by atoms with Gasteiger partial charge in [-0.05, 0) is 49.9 Å². The molecule has 124 valence electrons. The number of aryl methyl sites for hydroxylation is 2. The minimum Gasteiger partial charge on any atom is -0.373 e. The highest BCUT2D eigenvalue weighted by atomic mass is 32.2. The van der Waals surface area contributed by atoms with Crippen LogP contribution in [0.2, 0.25) is 0 Å². The van der Waals surface area contributed by atoms with Crippen LogP contribution in [0.25, 0.3) is 0 Å². The van der Waals surface area contributed by atoms with Gasteiger partial charge in [-0.15, -0.1) is 11.8 Å². The van der Waals surface area contributed by atoms with Gasteiger partial charge in [-0.1, -0.05) is 23.8 Å². The molecule has 2 aromatic carbocycles. The number of thioether (sulfide) groups is 1. The van der Waals surface area contributed by atoms with Crippen molar-refractivity contribution in [1.29, 1.82) is 0 Å². The maximum absolute atomic E-state index is 12.7. The molecule has 0 saturated carbocycles. The number of hydrogen-bond donors (Lipinski definition) is 1. The zero-order valence-corrected chi connectivity index (χ0v) is 14.8. The first-order valence-corrected chi connectivity index (χ1v) is 9.06. The Labute approximate surface area is 146 Å². The molecule has 0 radical (unpaired) electrons. The van der Waals surface area contributed by atoms with Gasteiger partial charge < -0.3 is 5.32 Å². The van der Waals surface area contributed by atoms with E-state index >= 15 is 0 Å². The lowest BCUT2D eigenvalue weighted by Gasteiger charge is -2.18. The Morgan fingerprint density at radius 1 is 1.12 bits per heavy atom. The van der Waals surface area contributed by atoms with Crippen LogP contribution >= 0.6 is 11.8 Å². The number of nitrogens with one attached hydrogen (secondary N) is 1. The van der Waals surface area contributed by atoms with Crippen LogP contribution in [0.4, 0.5) is 11.4 Å². The molecule has 2 aromatic rings. The van der Waals surface area contributed by atoms with Crippen molar-refractivity contribution in [3.8, 4) is 0 Å². The van der Waals surface area contributed by atoms with Crippen LogP contribution in [-0.4, -0.2) is 24.1 Å². The van der Waals surface area contributed by atoms with E-state index in [1.807, 2.05) is 62.6 Å². The number of rotatable bonds is 4. The lowest BCUT2D eigenvalue weighted by Crippen LogP contribution is -2.35. The largest absolute Gasteiger partial charge is 0.373 e. The second kappa shape index (κ2) is 6.69. The van der Waals surface area contributed by atoms with E-state index in [4.69, 9.17) is 0 Å². The SMILES string of the molecule is CSc1cccc(N[C@H]2CC(=O)N(c3ccc(C)cc3C)C2=O)c1. The van der Waals surface area contributed by atoms with E-state index in [0.717, 1.165) is 21.7 Å². The molecule has 4 nitrogen and oxygen atoms in total. The van der Waals surface area contributed by atoms with Gasteiger partial charge in [0.2, 0.25) is 5.91 Å². The Morgan fingerprint density at radius 2 is 1.92 bits per heavy atom. The summed E-state index contributed by atoms with van der Waals surface area (Å²) in [5.74, 6) is -0.355. The number of imide groups is 1. The Hall–Kier alpha value is -2.27. The minimum atomic E-state index is -0.518. The summed E-state index contributed by atoms with van der Waals surface area (Å²) in [5.41, 5.74) is 3.58. The van der Waals surface area contributed by atoms with Gasteiger partial charge in [0, 0.05) is 10.6 Å². The Balaban J connectivity index is 1.83. The van der Waals surface area contributed by atoms with Crippen LogP contribution < -0.4 is 10.2 Å². The maximum Gasteiger partial charge on any atom is 0.256 e. The van der Waals surface area contributed by atoms with Gasteiger partial charge >= 0.3 is 0 Å². The second-order valence-electron chi connectivity index (χ2n) is 5.99. The van der Waals surface area contributed by atoms with Crippen molar-refractivity contribution in [2.24, 2.45) is 0 Å². The summed E-state index contributed by atoms with van der Waals surface area (Å²) in [7, 11) is 0. The molecule has 1 fully saturated rings. The second-order valence-corrected chi connectivity index (χ2v) is 6.87. The average molecular weight is 340 g/mol. The fraction of sp³-hybridized carbons (Fsp3) is 0.263. The number of anilines is 2. The predicted octanol–water partition coefficient (Wildman–Crippen LogP) is 3.77. The van der Waals surface area contributed by atoms with Crippen LogP contribution in [0.3, 0.4) is 0 Å². The molecule has 1 saturated heterocycles. The Bertz CT molecular complexity index is 804. The number of amides is 2. The summed E-state index contributed by atoms with van der Waals surface area (Å²) in [6.07, 6.45) is 2.18. The number of benzene rings is 2. The molecule has 5 heteroatoms. The van der Waals surface area contributed by atoms with E-state index < -0.39 is 6.04 Å². The lowest BCUT2D eigenvalue weighted by molar-refractivity contribution is -0.121. The first-order chi connectivity index (χ1) is 11.5. The summed E-state index contributed by atoms with van der Waals surface area (Å²) in [6.45, 7) is 3.92. The van der Waals surface area contributed by atoms with Gasteiger partial charge in [0.1, 0.15) is 6.04 Å². The quantitative estimate of drug-likeness (QED) is 0.680.